The lowest BCUT2D eigenvalue weighted by molar-refractivity contribution is -0.106. The average Bonchev–Trinajstić information content (AvgIpc) is 3.78. The van der Waals surface area contributed by atoms with Crippen molar-refractivity contribution >= 4 is 50.7 Å². The number of nitrogens with one attached hydrogen (secondary N) is 1. The summed E-state index contributed by atoms with van der Waals surface area (Å²) in [5.74, 6) is 0.379. The first-order chi connectivity index (χ1) is 20.2. The predicted molar refractivity (Wildman–Crippen MR) is 149 cm³/mol. The molecule has 4 atom stereocenters. The SMILES string of the molecule is O=CN(c1cnn(-c2nc(NC3CCCC3)c3ncn([C@@H]4O[C@H](CO)C(O)C4O)c3n2)c1)S(=O)(=O)c1ccccc1Cl. The number of aliphatic hydroxyl groups is 3. The molecule has 4 N–H and O–H groups in total. The molecule has 2 unspecified atom stereocenters. The van der Waals surface area contributed by atoms with E-state index < -0.39 is 41.2 Å². The number of carbonyl (C=O) groups is 1. The number of hydrogen-bond donors (Lipinski definition) is 4. The van der Waals surface area contributed by atoms with Crippen LogP contribution in [0.4, 0.5) is 11.5 Å². The van der Waals surface area contributed by atoms with Gasteiger partial charge in [0, 0.05) is 6.04 Å². The zero-order valence-electron chi connectivity index (χ0n) is 21.9. The highest BCUT2D eigenvalue weighted by Gasteiger charge is 2.44. The van der Waals surface area contributed by atoms with Gasteiger partial charge in [-0.15, -0.1) is 0 Å². The second kappa shape index (κ2) is 11.2. The van der Waals surface area contributed by atoms with Crippen molar-refractivity contribution in [2.75, 3.05) is 16.2 Å². The summed E-state index contributed by atoms with van der Waals surface area (Å²) in [6.07, 6.45) is 3.11. The maximum absolute atomic E-state index is 13.3. The molecule has 6 rings (SSSR count). The van der Waals surface area contributed by atoms with Gasteiger partial charge >= 0.3 is 0 Å². The number of rotatable bonds is 9. The van der Waals surface area contributed by atoms with E-state index in [1.54, 1.807) is 6.07 Å². The van der Waals surface area contributed by atoms with Gasteiger partial charge in [-0.1, -0.05) is 36.6 Å². The number of halogens is 1. The molecular formula is C25H27ClN8O7S. The molecule has 0 spiro atoms. The minimum atomic E-state index is -4.37. The van der Waals surface area contributed by atoms with E-state index in [-0.39, 0.29) is 39.7 Å². The summed E-state index contributed by atoms with van der Waals surface area (Å²) >= 11 is 6.10. The standard InChI is InChI=1S/C25H27ClN8O7S/c26-16-7-3-4-8-18(16)42(39,40)34(13-36)15-9-28-33(10-15)25-30-22(29-14-5-1-2-6-14)19-23(31-25)32(12-27-19)24-21(38)20(37)17(11-35)41-24/h3-4,7-10,12-14,17,20-21,24,35,37-38H,1-2,5-6,11H2,(H,29,30,31)/t17-,20?,21?,24-/m1/s1. The highest BCUT2D eigenvalue weighted by atomic mass is 35.5. The van der Waals surface area contributed by atoms with E-state index in [1.807, 2.05) is 0 Å². The molecule has 2 aliphatic rings. The Labute approximate surface area is 244 Å². The third-order valence-electron chi connectivity index (χ3n) is 7.39. The van der Waals surface area contributed by atoms with Crippen molar-refractivity contribution in [1.29, 1.82) is 0 Å². The molecule has 1 aliphatic carbocycles. The lowest BCUT2D eigenvalue weighted by atomic mass is 10.1. The van der Waals surface area contributed by atoms with Gasteiger partial charge in [-0.2, -0.15) is 15.1 Å². The van der Waals surface area contributed by atoms with Gasteiger partial charge in [0.25, 0.3) is 16.0 Å². The van der Waals surface area contributed by atoms with Crippen LogP contribution in [0.15, 0.2) is 47.9 Å². The second-order valence-corrected chi connectivity index (χ2v) is 12.2. The van der Waals surface area contributed by atoms with Crippen molar-refractivity contribution in [3.05, 3.63) is 48.0 Å². The average molecular weight is 619 g/mol. The first kappa shape index (κ1) is 28.4. The van der Waals surface area contributed by atoms with E-state index in [1.165, 1.54) is 46.2 Å². The molecule has 4 heterocycles. The molecule has 1 amide bonds. The van der Waals surface area contributed by atoms with Gasteiger partial charge in [0.15, 0.2) is 23.2 Å². The number of fused-ring (bicyclic) bond motifs is 1. The minimum absolute atomic E-state index is 0.00345. The van der Waals surface area contributed by atoms with Crippen LogP contribution >= 0.6 is 11.6 Å². The normalized spacial score (nSPS) is 23.0. The van der Waals surface area contributed by atoms with E-state index >= 15 is 0 Å². The van der Waals surface area contributed by atoms with E-state index in [0.717, 1.165) is 25.7 Å². The summed E-state index contributed by atoms with van der Waals surface area (Å²) in [6, 6.07) is 5.88. The Kier molecular flexibility index (Phi) is 7.59. The van der Waals surface area contributed by atoms with Crippen LogP contribution in [0.5, 0.6) is 0 Å². The summed E-state index contributed by atoms with van der Waals surface area (Å²) in [6.45, 7) is -0.503. The number of benzene rings is 1. The monoisotopic (exact) mass is 618 g/mol. The number of nitrogens with zero attached hydrogens (tertiary/aromatic N) is 7. The molecule has 222 valence electrons. The van der Waals surface area contributed by atoms with Crippen LogP contribution in [-0.2, 0) is 19.6 Å². The van der Waals surface area contributed by atoms with E-state index in [2.05, 4.69) is 25.4 Å². The van der Waals surface area contributed by atoms with E-state index in [0.29, 0.717) is 15.6 Å². The Balaban J connectivity index is 1.42. The van der Waals surface area contributed by atoms with Gasteiger partial charge in [0.05, 0.1) is 36.0 Å². The van der Waals surface area contributed by atoms with Gasteiger partial charge in [-0.3, -0.25) is 9.36 Å². The largest absolute Gasteiger partial charge is 0.394 e. The first-order valence-corrected chi connectivity index (χ1v) is 15.0. The zero-order chi connectivity index (χ0) is 29.6. The highest BCUT2D eigenvalue weighted by Crippen LogP contribution is 2.34. The molecular weight excluding hydrogens is 592 g/mol. The van der Waals surface area contributed by atoms with Crippen molar-refractivity contribution in [2.45, 2.75) is 61.2 Å². The lowest BCUT2D eigenvalue weighted by Crippen LogP contribution is -2.33. The van der Waals surface area contributed by atoms with Crippen LogP contribution in [0.2, 0.25) is 5.02 Å². The van der Waals surface area contributed by atoms with E-state index in [4.69, 9.17) is 16.3 Å². The zero-order valence-corrected chi connectivity index (χ0v) is 23.5. The summed E-state index contributed by atoms with van der Waals surface area (Å²) in [5.41, 5.74) is 0.505. The molecule has 1 aromatic carbocycles. The van der Waals surface area contributed by atoms with Gasteiger partial charge in [-0.05, 0) is 25.0 Å². The van der Waals surface area contributed by atoms with Crippen LogP contribution in [-0.4, -0.2) is 90.4 Å². The number of carbonyl (C=O) groups excluding carboxylic acids is 1. The number of aliphatic hydroxyl groups excluding tert-OH is 3. The fraction of sp³-hybridized carbons (Fsp3) is 0.400. The summed E-state index contributed by atoms with van der Waals surface area (Å²) in [4.78, 5) is 25.4. The maximum Gasteiger partial charge on any atom is 0.272 e. The fourth-order valence-corrected chi connectivity index (χ4v) is 6.91. The molecule has 1 saturated heterocycles. The highest BCUT2D eigenvalue weighted by molar-refractivity contribution is 7.93. The Morgan fingerprint density at radius 1 is 1.17 bits per heavy atom. The number of hydrogen-bond acceptors (Lipinski definition) is 12. The summed E-state index contributed by atoms with van der Waals surface area (Å²) in [7, 11) is -4.37. The van der Waals surface area contributed by atoms with Crippen LogP contribution in [0.1, 0.15) is 31.9 Å². The molecule has 4 aromatic rings. The number of imidazole rings is 1. The Morgan fingerprint density at radius 3 is 2.62 bits per heavy atom. The minimum Gasteiger partial charge on any atom is -0.394 e. The Bertz CT molecular complexity index is 1720. The summed E-state index contributed by atoms with van der Waals surface area (Å²) in [5, 5.41) is 38.0. The van der Waals surface area contributed by atoms with Crippen molar-refractivity contribution in [3.63, 3.8) is 0 Å². The number of sulfonamides is 1. The summed E-state index contributed by atoms with van der Waals surface area (Å²) < 4.78 is 35.3. The van der Waals surface area contributed by atoms with Crippen molar-refractivity contribution in [1.82, 2.24) is 29.3 Å². The van der Waals surface area contributed by atoms with Crippen LogP contribution in [0.25, 0.3) is 17.1 Å². The molecule has 1 saturated carbocycles. The van der Waals surface area contributed by atoms with Crippen LogP contribution in [0, 0.1) is 0 Å². The van der Waals surface area contributed by atoms with Crippen molar-refractivity contribution < 1.29 is 33.3 Å². The van der Waals surface area contributed by atoms with Gasteiger partial charge in [-0.25, -0.2) is 22.4 Å². The second-order valence-electron chi connectivity index (χ2n) is 10.0. The lowest BCUT2D eigenvalue weighted by Gasteiger charge is -2.18. The maximum atomic E-state index is 13.3. The third-order valence-corrected chi connectivity index (χ3v) is 9.56. The molecule has 0 bridgehead atoms. The topological polar surface area (TPSA) is 198 Å². The van der Waals surface area contributed by atoms with Crippen molar-refractivity contribution in [3.8, 4) is 5.95 Å². The number of ether oxygens (including phenoxy) is 1. The third kappa shape index (κ3) is 4.89. The molecule has 0 radical (unpaired) electrons. The molecule has 2 fully saturated rings. The number of aromatic nitrogens is 6. The van der Waals surface area contributed by atoms with Gasteiger partial charge < -0.3 is 25.4 Å². The predicted octanol–water partition coefficient (Wildman–Crippen LogP) is 0.983. The molecule has 1 aliphatic heterocycles. The fourth-order valence-electron chi connectivity index (χ4n) is 5.22. The molecule has 17 heteroatoms. The first-order valence-electron chi connectivity index (χ1n) is 13.2. The number of amides is 1. The Morgan fingerprint density at radius 2 is 1.93 bits per heavy atom. The Hall–Kier alpha value is -3.67. The van der Waals surface area contributed by atoms with Gasteiger partial charge in [0.1, 0.15) is 23.2 Å². The quantitative estimate of drug-likeness (QED) is 0.194. The number of anilines is 2. The van der Waals surface area contributed by atoms with E-state index in [9.17, 15) is 28.5 Å². The molecule has 3 aromatic heterocycles. The van der Waals surface area contributed by atoms with Gasteiger partial charge in [0.2, 0.25) is 6.41 Å². The molecule has 15 nitrogen and oxygen atoms in total. The smallest absolute Gasteiger partial charge is 0.272 e. The van der Waals surface area contributed by atoms with Crippen molar-refractivity contribution in [2.24, 2.45) is 0 Å². The molecule has 42 heavy (non-hydrogen) atoms. The van der Waals surface area contributed by atoms with Crippen LogP contribution < -0.4 is 9.62 Å². The van der Waals surface area contributed by atoms with Crippen LogP contribution in [0.3, 0.4) is 0 Å².